The fraction of sp³-hybridized carbons (Fsp3) is 0.0333. The van der Waals surface area contributed by atoms with E-state index in [1.165, 1.54) is 43.8 Å². The van der Waals surface area contributed by atoms with Crippen LogP contribution in [-0.2, 0) is 0 Å². The van der Waals surface area contributed by atoms with Crippen molar-refractivity contribution in [1.82, 2.24) is 0 Å². The lowest BCUT2D eigenvalue weighted by Gasteiger charge is -2.21. The third-order valence-corrected chi connectivity index (χ3v) is 7.58. The Kier molecular flexibility index (Phi) is 3.09. The summed E-state index contributed by atoms with van der Waals surface area (Å²) in [4.78, 5) is 23.9. The Bertz CT molecular complexity index is 2070. The van der Waals surface area contributed by atoms with Crippen LogP contribution < -0.4 is 0 Å². The van der Waals surface area contributed by atoms with Gasteiger partial charge in [-0.05, 0) is 101 Å². The second-order valence-electron chi connectivity index (χ2n) is 9.26. The van der Waals surface area contributed by atoms with Gasteiger partial charge in [0.15, 0.2) is 0 Å². The molecule has 7 aromatic carbocycles. The summed E-state index contributed by atoms with van der Waals surface area (Å²) in [7, 11) is 0. The zero-order valence-corrected chi connectivity index (χ0v) is 17.8. The van der Waals surface area contributed by atoms with Gasteiger partial charge in [0.1, 0.15) is 0 Å². The average Bonchev–Trinajstić information content (AvgIpc) is 2.85. The highest BCUT2D eigenvalue weighted by molar-refractivity contribution is 6.39. The van der Waals surface area contributed by atoms with Crippen LogP contribution in [0.4, 0.5) is 0 Å². The van der Waals surface area contributed by atoms with Crippen molar-refractivity contribution in [2.24, 2.45) is 0 Å². The van der Waals surface area contributed by atoms with Gasteiger partial charge in [-0.15, -0.1) is 0 Å². The maximum Gasteiger partial charge on any atom is 0.293 e. The SMILES string of the molecule is O=C1c2cc3ccc4cc5c6ccccc6cc6ccc7cc(c2C=CC1[N+](=O)[O-])c3c4c7c65. The molecule has 0 amide bonds. The topological polar surface area (TPSA) is 60.2 Å². The summed E-state index contributed by atoms with van der Waals surface area (Å²) in [5.41, 5.74) is 1.21. The van der Waals surface area contributed by atoms with Crippen molar-refractivity contribution in [2.45, 2.75) is 6.04 Å². The second-order valence-corrected chi connectivity index (χ2v) is 9.26. The number of carbonyl (C=O) groups is 1. The molecule has 0 saturated carbocycles. The molecule has 0 saturated heterocycles. The molecule has 1 aliphatic rings. The number of carbonyl (C=O) groups excluding carboxylic acids is 1. The lowest BCUT2D eigenvalue weighted by Crippen LogP contribution is -2.30. The lowest BCUT2D eigenvalue weighted by molar-refractivity contribution is -0.492. The number of fused-ring (bicyclic) bond motifs is 4. The number of nitro groups is 1. The van der Waals surface area contributed by atoms with Crippen molar-refractivity contribution in [2.75, 3.05) is 0 Å². The van der Waals surface area contributed by atoms with Gasteiger partial charge in [-0.3, -0.25) is 14.9 Å². The quantitative estimate of drug-likeness (QED) is 0.117. The van der Waals surface area contributed by atoms with Crippen LogP contribution in [0.25, 0.3) is 70.7 Å². The summed E-state index contributed by atoms with van der Waals surface area (Å²) in [5, 5.41) is 25.3. The normalized spacial score (nSPS) is 16.1. The van der Waals surface area contributed by atoms with E-state index in [1.807, 2.05) is 12.1 Å². The van der Waals surface area contributed by atoms with E-state index in [0.29, 0.717) is 5.56 Å². The minimum absolute atomic E-state index is 0.429. The summed E-state index contributed by atoms with van der Waals surface area (Å²) in [6, 6.07) is 24.2. The Morgan fingerprint density at radius 1 is 0.647 bits per heavy atom. The number of Topliss-reactive ketones (excluding diaryl/α,β-unsaturated/α-hetero) is 1. The number of hydrogen-bond donors (Lipinski definition) is 0. The van der Waals surface area contributed by atoms with Gasteiger partial charge >= 0.3 is 0 Å². The van der Waals surface area contributed by atoms with Gasteiger partial charge in [-0.2, -0.15) is 0 Å². The highest BCUT2D eigenvalue weighted by atomic mass is 16.6. The number of nitrogens with zero attached hydrogens (tertiary/aromatic N) is 1. The van der Waals surface area contributed by atoms with E-state index in [1.54, 1.807) is 6.08 Å². The number of ketones is 1. The summed E-state index contributed by atoms with van der Waals surface area (Å²) >= 11 is 0. The predicted molar refractivity (Wildman–Crippen MR) is 138 cm³/mol. The van der Waals surface area contributed by atoms with Crippen molar-refractivity contribution in [3.05, 3.63) is 100 Å². The van der Waals surface area contributed by atoms with Crippen LogP contribution in [0.1, 0.15) is 15.9 Å². The highest BCUT2D eigenvalue weighted by Gasteiger charge is 2.34. The Morgan fingerprint density at radius 3 is 2.00 bits per heavy atom. The minimum Gasteiger partial charge on any atom is -0.286 e. The molecule has 34 heavy (non-hydrogen) atoms. The largest absolute Gasteiger partial charge is 0.293 e. The Morgan fingerprint density at radius 2 is 1.26 bits per heavy atom. The molecule has 0 heterocycles. The van der Waals surface area contributed by atoms with E-state index in [-0.39, 0.29) is 0 Å². The number of hydrogen-bond acceptors (Lipinski definition) is 3. The van der Waals surface area contributed by atoms with Gasteiger partial charge in [-0.1, -0.05) is 54.6 Å². The molecule has 0 aromatic heterocycles. The molecule has 7 aromatic rings. The zero-order valence-electron chi connectivity index (χ0n) is 17.8. The van der Waals surface area contributed by atoms with E-state index in [4.69, 9.17) is 0 Å². The molecule has 4 nitrogen and oxygen atoms in total. The standard InChI is InChI=1S/C30H15NO3/c32-30-24-14-17-6-8-18-12-22-20-4-2-1-3-15(20)11-16-5-7-19-13-23(21(24)9-10-25(30)31(33)34)27(17)29(18)28(19)26(16)22/h1-14,25H. The molecule has 1 atom stereocenters. The van der Waals surface area contributed by atoms with Crippen LogP contribution >= 0.6 is 0 Å². The molecule has 4 heteroatoms. The van der Waals surface area contributed by atoms with Gasteiger partial charge in [-0.25, -0.2) is 0 Å². The first-order valence-corrected chi connectivity index (χ1v) is 11.3. The number of benzene rings is 7. The molecule has 0 bridgehead atoms. The molecule has 0 aliphatic heterocycles. The predicted octanol–water partition coefficient (Wildman–Crippen LogP) is 7.34. The second kappa shape index (κ2) is 5.86. The maximum absolute atomic E-state index is 13.0. The fourth-order valence-corrected chi connectivity index (χ4v) is 6.15. The summed E-state index contributed by atoms with van der Waals surface area (Å²) in [6.07, 6.45) is 3.18. The van der Waals surface area contributed by atoms with Crippen LogP contribution in [-0.4, -0.2) is 16.7 Å². The Labute approximate surface area is 192 Å². The smallest absolute Gasteiger partial charge is 0.286 e. The molecule has 0 fully saturated rings. The van der Waals surface area contributed by atoms with Gasteiger partial charge < -0.3 is 0 Å². The Balaban J connectivity index is 1.62. The van der Waals surface area contributed by atoms with Crippen molar-refractivity contribution in [1.29, 1.82) is 0 Å². The monoisotopic (exact) mass is 437 g/mol. The third kappa shape index (κ3) is 2.02. The molecular weight excluding hydrogens is 422 g/mol. The molecule has 0 N–H and O–H groups in total. The maximum atomic E-state index is 13.0. The first-order chi connectivity index (χ1) is 16.6. The van der Waals surface area contributed by atoms with Gasteiger partial charge in [0.25, 0.3) is 6.04 Å². The molecule has 0 radical (unpaired) electrons. The van der Waals surface area contributed by atoms with Gasteiger partial charge in [0.2, 0.25) is 5.78 Å². The van der Waals surface area contributed by atoms with E-state index >= 15 is 0 Å². The van der Waals surface area contributed by atoms with Crippen molar-refractivity contribution in [3.63, 3.8) is 0 Å². The third-order valence-electron chi connectivity index (χ3n) is 7.58. The van der Waals surface area contributed by atoms with Crippen LogP contribution in [0.3, 0.4) is 0 Å². The molecule has 0 spiro atoms. The molecule has 1 unspecified atom stereocenters. The lowest BCUT2D eigenvalue weighted by atomic mass is 9.81. The molecular formula is C30H15NO3. The fourth-order valence-electron chi connectivity index (χ4n) is 6.15. The van der Waals surface area contributed by atoms with Crippen molar-refractivity contribution < 1.29 is 9.72 Å². The zero-order chi connectivity index (χ0) is 22.7. The van der Waals surface area contributed by atoms with E-state index < -0.39 is 16.7 Å². The molecule has 158 valence electrons. The van der Waals surface area contributed by atoms with E-state index in [2.05, 4.69) is 60.7 Å². The van der Waals surface area contributed by atoms with Crippen molar-refractivity contribution in [3.8, 4) is 0 Å². The van der Waals surface area contributed by atoms with Crippen LogP contribution in [0.5, 0.6) is 0 Å². The molecule has 8 rings (SSSR count). The van der Waals surface area contributed by atoms with Crippen LogP contribution in [0.2, 0.25) is 0 Å². The summed E-state index contributed by atoms with van der Waals surface area (Å²) < 4.78 is 0. The van der Waals surface area contributed by atoms with Gasteiger partial charge in [0, 0.05) is 10.5 Å². The molecule has 1 aliphatic carbocycles. The van der Waals surface area contributed by atoms with E-state index in [0.717, 1.165) is 32.5 Å². The number of rotatable bonds is 1. The first-order valence-electron chi connectivity index (χ1n) is 11.3. The van der Waals surface area contributed by atoms with Crippen molar-refractivity contribution >= 4 is 76.5 Å². The Hall–Kier alpha value is -4.57. The first kappa shape index (κ1) is 17.9. The summed E-state index contributed by atoms with van der Waals surface area (Å²) in [5.74, 6) is -0.448. The van der Waals surface area contributed by atoms with Crippen LogP contribution in [0, 0.1) is 10.1 Å². The van der Waals surface area contributed by atoms with Crippen LogP contribution in [0.15, 0.2) is 78.9 Å². The van der Waals surface area contributed by atoms with E-state index in [9.17, 15) is 14.9 Å². The average molecular weight is 437 g/mol. The van der Waals surface area contributed by atoms with Gasteiger partial charge in [0.05, 0.1) is 0 Å². The summed E-state index contributed by atoms with van der Waals surface area (Å²) in [6.45, 7) is 0. The minimum atomic E-state index is -1.32. The highest BCUT2D eigenvalue weighted by Crippen LogP contribution is 2.47.